The molecular formula is C19H34IN3O2. The van der Waals surface area contributed by atoms with E-state index >= 15 is 0 Å². The largest absolute Gasteiger partial charge is 0.379 e. The first kappa shape index (κ1) is 24.1. The summed E-state index contributed by atoms with van der Waals surface area (Å²) in [7, 11) is 2.05. The Morgan fingerprint density at radius 1 is 1.04 bits per heavy atom. The number of hydrogen-bond acceptors (Lipinski definition) is 3. The summed E-state index contributed by atoms with van der Waals surface area (Å²) in [4.78, 5) is 6.75. The molecule has 1 aromatic rings. The molecule has 0 aromatic heterocycles. The number of rotatable bonds is 12. The monoisotopic (exact) mass is 463 g/mol. The average molecular weight is 463 g/mol. The number of nitrogens with one attached hydrogen (secondary N) is 1. The minimum atomic E-state index is 0. The van der Waals surface area contributed by atoms with E-state index in [1.54, 1.807) is 0 Å². The molecule has 0 saturated carbocycles. The van der Waals surface area contributed by atoms with Gasteiger partial charge >= 0.3 is 0 Å². The maximum atomic E-state index is 5.56. The van der Waals surface area contributed by atoms with Crippen molar-refractivity contribution in [1.82, 2.24) is 10.2 Å². The van der Waals surface area contributed by atoms with Crippen molar-refractivity contribution in [2.45, 2.75) is 33.2 Å². The predicted octanol–water partition coefficient (Wildman–Crippen LogP) is 3.54. The maximum absolute atomic E-state index is 5.56. The number of guanidine groups is 1. The lowest BCUT2D eigenvalue weighted by Gasteiger charge is -2.22. The molecule has 0 heterocycles. The molecule has 0 aliphatic rings. The Morgan fingerprint density at radius 3 is 2.36 bits per heavy atom. The molecule has 0 unspecified atom stereocenters. The van der Waals surface area contributed by atoms with Gasteiger partial charge in [-0.3, -0.25) is 4.99 Å². The van der Waals surface area contributed by atoms with E-state index in [-0.39, 0.29) is 24.0 Å². The highest BCUT2D eigenvalue weighted by molar-refractivity contribution is 14.0. The van der Waals surface area contributed by atoms with E-state index in [4.69, 9.17) is 9.47 Å². The molecule has 1 rings (SSSR count). The Morgan fingerprint density at radius 2 is 1.72 bits per heavy atom. The highest BCUT2D eigenvalue weighted by Gasteiger charge is 2.05. The first-order valence-electron chi connectivity index (χ1n) is 8.96. The molecule has 1 aromatic carbocycles. The molecule has 6 heteroatoms. The van der Waals surface area contributed by atoms with Crippen LogP contribution in [-0.2, 0) is 16.0 Å². The lowest BCUT2D eigenvalue weighted by molar-refractivity contribution is 0.0497. The van der Waals surface area contributed by atoms with Crippen LogP contribution in [-0.4, -0.2) is 57.4 Å². The van der Waals surface area contributed by atoms with Gasteiger partial charge in [0, 0.05) is 26.7 Å². The molecule has 0 fully saturated rings. The Kier molecular flexibility index (Phi) is 16.0. The summed E-state index contributed by atoms with van der Waals surface area (Å²) in [6, 6.07) is 10.4. The third-order valence-corrected chi connectivity index (χ3v) is 3.47. The number of unbranched alkanes of at least 4 members (excludes halogenated alkanes) is 1. The Hall–Kier alpha value is -0.860. The van der Waals surface area contributed by atoms with Crippen LogP contribution in [0.5, 0.6) is 0 Å². The minimum Gasteiger partial charge on any atom is -0.379 e. The zero-order valence-corrected chi connectivity index (χ0v) is 18.2. The van der Waals surface area contributed by atoms with E-state index in [1.165, 1.54) is 12.0 Å². The molecule has 0 aliphatic carbocycles. The van der Waals surface area contributed by atoms with Crippen molar-refractivity contribution < 1.29 is 9.47 Å². The first-order chi connectivity index (χ1) is 11.8. The molecular weight excluding hydrogens is 429 g/mol. The fourth-order valence-electron chi connectivity index (χ4n) is 2.19. The molecule has 0 spiro atoms. The van der Waals surface area contributed by atoms with Crippen molar-refractivity contribution in [1.29, 1.82) is 0 Å². The van der Waals surface area contributed by atoms with Gasteiger partial charge in [0.2, 0.25) is 0 Å². The first-order valence-corrected chi connectivity index (χ1v) is 8.96. The van der Waals surface area contributed by atoms with Crippen LogP contribution in [0.1, 0.15) is 32.3 Å². The fourth-order valence-corrected chi connectivity index (χ4v) is 2.19. The van der Waals surface area contributed by atoms with Gasteiger partial charge in [0.25, 0.3) is 0 Å². The van der Waals surface area contributed by atoms with Crippen LogP contribution in [0.25, 0.3) is 0 Å². The van der Waals surface area contributed by atoms with Crippen LogP contribution < -0.4 is 5.32 Å². The molecule has 144 valence electrons. The summed E-state index contributed by atoms with van der Waals surface area (Å²) in [5.41, 5.74) is 1.27. The second-order valence-corrected chi connectivity index (χ2v) is 5.66. The van der Waals surface area contributed by atoms with Crippen molar-refractivity contribution in [3.05, 3.63) is 35.9 Å². The third-order valence-electron chi connectivity index (χ3n) is 3.47. The topological polar surface area (TPSA) is 46.1 Å². The minimum absolute atomic E-state index is 0. The summed E-state index contributed by atoms with van der Waals surface area (Å²) in [5.74, 6) is 0.907. The van der Waals surface area contributed by atoms with E-state index in [0.717, 1.165) is 32.1 Å². The number of aliphatic imine (C=N–C) groups is 1. The van der Waals surface area contributed by atoms with E-state index in [9.17, 15) is 0 Å². The summed E-state index contributed by atoms with van der Waals surface area (Å²) in [6.45, 7) is 9.31. The smallest absolute Gasteiger partial charge is 0.194 e. The number of benzene rings is 1. The highest BCUT2D eigenvalue weighted by atomic mass is 127. The molecule has 5 nitrogen and oxygen atoms in total. The van der Waals surface area contributed by atoms with E-state index in [1.807, 2.05) is 6.07 Å². The Labute approximate surface area is 170 Å². The SMILES string of the molecule is CCCCOCCOCCN=C(NCC)N(C)Cc1ccccc1.I. The number of ether oxygens (including phenoxy) is 2. The van der Waals surface area contributed by atoms with Gasteiger partial charge in [0.1, 0.15) is 0 Å². The van der Waals surface area contributed by atoms with Gasteiger partial charge in [0.15, 0.2) is 5.96 Å². The van der Waals surface area contributed by atoms with Gasteiger partial charge in [-0.2, -0.15) is 0 Å². The van der Waals surface area contributed by atoms with E-state index in [0.29, 0.717) is 26.4 Å². The van der Waals surface area contributed by atoms with Crippen molar-refractivity contribution in [2.75, 3.05) is 46.6 Å². The molecule has 25 heavy (non-hydrogen) atoms. The van der Waals surface area contributed by atoms with Crippen molar-refractivity contribution in [2.24, 2.45) is 4.99 Å². The molecule has 0 amide bonds. The average Bonchev–Trinajstić information content (AvgIpc) is 2.60. The van der Waals surface area contributed by atoms with Crippen LogP contribution >= 0.6 is 24.0 Å². The van der Waals surface area contributed by atoms with E-state index in [2.05, 4.69) is 60.4 Å². The van der Waals surface area contributed by atoms with Gasteiger partial charge in [-0.25, -0.2) is 0 Å². The Bertz CT molecular complexity index is 444. The number of nitrogens with zero attached hydrogens (tertiary/aromatic N) is 2. The molecule has 0 saturated heterocycles. The molecule has 0 bridgehead atoms. The van der Waals surface area contributed by atoms with Crippen LogP contribution in [0.4, 0.5) is 0 Å². The molecule has 0 radical (unpaired) electrons. The van der Waals surface area contributed by atoms with Crippen molar-refractivity contribution in [3.63, 3.8) is 0 Å². The zero-order chi connectivity index (χ0) is 17.5. The Balaban J connectivity index is 0.00000576. The van der Waals surface area contributed by atoms with Crippen LogP contribution in [0.15, 0.2) is 35.3 Å². The second kappa shape index (κ2) is 16.6. The van der Waals surface area contributed by atoms with Gasteiger partial charge in [-0.15, -0.1) is 24.0 Å². The van der Waals surface area contributed by atoms with Gasteiger partial charge in [-0.05, 0) is 18.9 Å². The van der Waals surface area contributed by atoms with Gasteiger partial charge in [0.05, 0.1) is 26.4 Å². The van der Waals surface area contributed by atoms with Crippen molar-refractivity contribution in [3.8, 4) is 0 Å². The van der Waals surface area contributed by atoms with Crippen LogP contribution in [0, 0.1) is 0 Å². The third kappa shape index (κ3) is 12.2. The van der Waals surface area contributed by atoms with Crippen LogP contribution in [0.2, 0.25) is 0 Å². The number of halogens is 1. The summed E-state index contributed by atoms with van der Waals surface area (Å²) < 4.78 is 11.0. The normalized spacial score (nSPS) is 11.1. The maximum Gasteiger partial charge on any atom is 0.194 e. The zero-order valence-electron chi connectivity index (χ0n) is 15.9. The predicted molar refractivity (Wildman–Crippen MR) is 116 cm³/mol. The second-order valence-electron chi connectivity index (χ2n) is 5.66. The van der Waals surface area contributed by atoms with Crippen molar-refractivity contribution >= 4 is 29.9 Å². The molecule has 0 aliphatic heterocycles. The highest BCUT2D eigenvalue weighted by Crippen LogP contribution is 2.02. The van der Waals surface area contributed by atoms with Crippen LogP contribution in [0.3, 0.4) is 0 Å². The lowest BCUT2D eigenvalue weighted by Crippen LogP contribution is -2.38. The van der Waals surface area contributed by atoms with Gasteiger partial charge in [-0.1, -0.05) is 43.7 Å². The molecule has 1 N–H and O–H groups in total. The van der Waals surface area contributed by atoms with Gasteiger partial charge < -0.3 is 19.7 Å². The fraction of sp³-hybridized carbons (Fsp3) is 0.632. The number of hydrogen-bond donors (Lipinski definition) is 1. The summed E-state index contributed by atoms with van der Waals surface area (Å²) in [5, 5.41) is 3.32. The summed E-state index contributed by atoms with van der Waals surface area (Å²) in [6.07, 6.45) is 2.28. The molecule has 0 atom stereocenters. The lowest BCUT2D eigenvalue weighted by atomic mass is 10.2. The summed E-state index contributed by atoms with van der Waals surface area (Å²) >= 11 is 0. The quantitative estimate of drug-likeness (QED) is 0.223. The van der Waals surface area contributed by atoms with E-state index < -0.39 is 0 Å². The standard InChI is InChI=1S/C19H33N3O2.HI/c1-4-6-13-23-15-16-24-14-12-21-19(20-5-2)22(3)17-18-10-8-7-9-11-18;/h7-11H,4-6,12-17H2,1-3H3,(H,20,21);1H.